The van der Waals surface area contributed by atoms with E-state index in [1.54, 1.807) is 11.1 Å². The molecule has 13 rings (SSSR count). The molecular formula is C62H50. The summed E-state index contributed by atoms with van der Waals surface area (Å²) in [7, 11) is 0. The van der Waals surface area contributed by atoms with E-state index in [9.17, 15) is 0 Å². The molecule has 0 atom stereocenters. The van der Waals surface area contributed by atoms with E-state index in [4.69, 9.17) is 0 Å². The van der Waals surface area contributed by atoms with Gasteiger partial charge in [-0.2, -0.15) is 0 Å². The number of aryl methyl sites for hydroxylation is 2. The highest BCUT2D eigenvalue weighted by Crippen LogP contribution is 2.53. The molecule has 298 valence electrons. The summed E-state index contributed by atoms with van der Waals surface area (Å²) >= 11 is 0. The molecule has 0 aromatic heterocycles. The highest BCUT2D eigenvalue weighted by atomic mass is 14.3. The van der Waals surface area contributed by atoms with Gasteiger partial charge in [0.15, 0.2) is 0 Å². The van der Waals surface area contributed by atoms with Crippen molar-refractivity contribution in [1.29, 1.82) is 0 Å². The molecule has 0 fully saturated rings. The lowest BCUT2D eigenvalue weighted by atomic mass is 9.79. The monoisotopic (exact) mass is 794 g/mol. The van der Waals surface area contributed by atoms with Gasteiger partial charge in [-0.25, -0.2) is 0 Å². The predicted molar refractivity (Wildman–Crippen MR) is 268 cm³/mol. The van der Waals surface area contributed by atoms with Gasteiger partial charge in [0.2, 0.25) is 0 Å². The summed E-state index contributed by atoms with van der Waals surface area (Å²) in [6, 6.07) is 54.6. The molecule has 0 saturated carbocycles. The summed E-state index contributed by atoms with van der Waals surface area (Å²) in [5, 5.41) is 19.4. The molecular weight excluding hydrogens is 745 g/mol. The van der Waals surface area contributed by atoms with Crippen LogP contribution in [0.2, 0.25) is 0 Å². The molecule has 0 amide bonds. The Morgan fingerprint density at radius 2 is 0.871 bits per heavy atom. The lowest BCUT2D eigenvalue weighted by molar-refractivity contribution is 0.590. The van der Waals surface area contributed by atoms with Gasteiger partial charge in [-0.15, -0.1) is 0 Å². The van der Waals surface area contributed by atoms with Crippen LogP contribution in [0.3, 0.4) is 0 Å². The molecule has 0 radical (unpaired) electrons. The Morgan fingerprint density at radius 1 is 0.371 bits per heavy atom. The van der Waals surface area contributed by atoms with Gasteiger partial charge in [-0.3, -0.25) is 0 Å². The largest absolute Gasteiger partial charge is 0.0763 e. The second kappa shape index (κ2) is 12.5. The SMILES string of the molecule is CC(C)(C)c1ccc(-c2c3cc4c(cc3c(-c3ccc(C(C)(C)C)cc3)c3c5ccccc5c5ccccc5c23)-c2ccc3c5c(c6c7c(cccc73)=CCC6)CCC4=c25)cc1. The first-order valence-electron chi connectivity index (χ1n) is 22.9. The van der Waals surface area contributed by atoms with Crippen molar-refractivity contribution < 1.29 is 0 Å². The third-order valence-electron chi connectivity index (χ3n) is 15.1. The van der Waals surface area contributed by atoms with Crippen LogP contribution in [0.1, 0.15) is 82.2 Å². The zero-order valence-electron chi connectivity index (χ0n) is 36.7. The van der Waals surface area contributed by atoms with Crippen molar-refractivity contribution in [2.24, 2.45) is 0 Å². The van der Waals surface area contributed by atoms with E-state index in [1.807, 2.05) is 0 Å². The van der Waals surface area contributed by atoms with Crippen molar-refractivity contribution in [1.82, 2.24) is 0 Å². The molecule has 0 unspecified atom stereocenters. The number of benzene rings is 10. The van der Waals surface area contributed by atoms with Crippen LogP contribution in [-0.2, 0) is 23.7 Å². The molecule has 10 aromatic carbocycles. The van der Waals surface area contributed by atoms with Gasteiger partial charge in [0.25, 0.3) is 0 Å². The zero-order chi connectivity index (χ0) is 41.8. The molecule has 62 heavy (non-hydrogen) atoms. The molecule has 0 spiro atoms. The molecule has 0 nitrogen and oxygen atoms in total. The standard InChI is InChI=1S/C62H50/c1-61(2,3)38-25-21-36(22-26-38)55-52-33-50-48-31-29-46-44-19-11-13-35-14-12-20-45(54(35)44)47-30-32-49(58(48)57(46)47)51(50)34-53(52)56(37-23-27-39(28-24-37)62(4,5)6)60-43-18-10-8-16-41(43)40-15-7-9-17-42(40)59(55)60/h7-11,13-19,21-29,31,33-34H,12,20,30,32H2,1-6H3. The maximum absolute atomic E-state index is 2.64. The average molecular weight is 795 g/mol. The summed E-state index contributed by atoms with van der Waals surface area (Å²) in [4.78, 5) is 0. The number of hydrogen-bond acceptors (Lipinski definition) is 0. The van der Waals surface area contributed by atoms with Gasteiger partial charge in [-0.05, 0) is 190 Å². The minimum Gasteiger partial charge on any atom is -0.0763 e. The molecule has 0 heteroatoms. The second-order valence-corrected chi connectivity index (χ2v) is 20.5. The summed E-state index contributed by atoms with van der Waals surface area (Å²) < 4.78 is 0. The zero-order valence-corrected chi connectivity index (χ0v) is 36.7. The molecule has 0 heterocycles. The average Bonchev–Trinajstić information content (AvgIpc) is 3.60. The van der Waals surface area contributed by atoms with E-state index in [0.29, 0.717) is 0 Å². The van der Waals surface area contributed by atoms with Crippen molar-refractivity contribution in [2.45, 2.75) is 78.1 Å². The molecule has 10 aromatic rings. The minimum atomic E-state index is 0.0585. The van der Waals surface area contributed by atoms with Crippen LogP contribution in [-0.4, -0.2) is 0 Å². The van der Waals surface area contributed by atoms with Gasteiger partial charge >= 0.3 is 0 Å². The van der Waals surface area contributed by atoms with Crippen LogP contribution in [0.4, 0.5) is 0 Å². The molecule has 3 aliphatic carbocycles. The van der Waals surface area contributed by atoms with Gasteiger partial charge in [-0.1, -0.05) is 175 Å². The van der Waals surface area contributed by atoms with E-state index in [0.717, 1.165) is 25.7 Å². The highest BCUT2D eigenvalue weighted by molar-refractivity contribution is 6.37. The first kappa shape index (κ1) is 36.2. The Hall–Kier alpha value is -6.50. The summed E-state index contributed by atoms with van der Waals surface area (Å²) in [6.45, 7) is 13.9. The van der Waals surface area contributed by atoms with Crippen LogP contribution in [0.5, 0.6) is 0 Å². The van der Waals surface area contributed by atoms with Crippen molar-refractivity contribution >= 4 is 76.3 Å². The minimum absolute atomic E-state index is 0.0585. The fourth-order valence-corrected chi connectivity index (χ4v) is 12.1. The maximum Gasteiger partial charge on any atom is -0.000763 e. The molecule has 0 aliphatic heterocycles. The first-order valence-corrected chi connectivity index (χ1v) is 22.9. The van der Waals surface area contributed by atoms with Crippen LogP contribution in [0.15, 0.2) is 140 Å². The van der Waals surface area contributed by atoms with Gasteiger partial charge in [0.1, 0.15) is 0 Å². The van der Waals surface area contributed by atoms with E-state index in [2.05, 4.69) is 187 Å². The third kappa shape index (κ3) is 4.90. The Bertz CT molecular complexity index is 3770. The predicted octanol–water partition coefficient (Wildman–Crippen LogP) is 15.4. The van der Waals surface area contributed by atoms with Crippen LogP contribution >= 0.6 is 0 Å². The van der Waals surface area contributed by atoms with Crippen LogP contribution < -0.4 is 10.4 Å². The summed E-state index contributed by atoms with van der Waals surface area (Å²) in [5.41, 5.74) is 17.0. The summed E-state index contributed by atoms with van der Waals surface area (Å²) in [6.07, 6.45) is 6.89. The Morgan fingerprint density at radius 3 is 1.45 bits per heavy atom. The number of rotatable bonds is 2. The van der Waals surface area contributed by atoms with Gasteiger partial charge in [0.05, 0.1) is 0 Å². The Kier molecular flexibility index (Phi) is 7.32. The highest BCUT2D eigenvalue weighted by Gasteiger charge is 2.31. The topological polar surface area (TPSA) is 0 Å². The maximum atomic E-state index is 2.64. The van der Waals surface area contributed by atoms with Crippen molar-refractivity contribution in [3.8, 4) is 33.4 Å². The normalized spacial score (nSPS) is 14.5. The number of hydrogen-bond donors (Lipinski definition) is 0. The Balaban J connectivity index is 1.23. The molecule has 0 N–H and O–H groups in total. The molecule has 0 saturated heterocycles. The van der Waals surface area contributed by atoms with Gasteiger partial charge in [0, 0.05) is 0 Å². The first-order chi connectivity index (χ1) is 30.0. The lowest BCUT2D eigenvalue weighted by Gasteiger charge is -2.24. The van der Waals surface area contributed by atoms with E-state index < -0.39 is 0 Å². The van der Waals surface area contributed by atoms with Crippen molar-refractivity contribution in [3.05, 3.63) is 178 Å². The van der Waals surface area contributed by atoms with E-state index >= 15 is 0 Å². The smallest absolute Gasteiger partial charge is 0.000763 e. The van der Waals surface area contributed by atoms with E-state index in [1.165, 1.54) is 131 Å². The quantitative estimate of drug-likeness (QED) is 0.121. The van der Waals surface area contributed by atoms with Gasteiger partial charge < -0.3 is 0 Å². The second-order valence-electron chi connectivity index (χ2n) is 20.5. The van der Waals surface area contributed by atoms with Crippen molar-refractivity contribution in [3.63, 3.8) is 0 Å². The van der Waals surface area contributed by atoms with Crippen LogP contribution in [0, 0.1) is 0 Å². The van der Waals surface area contributed by atoms with E-state index in [-0.39, 0.29) is 10.8 Å². The molecule has 3 aliphatic rings. The Labute approximate surface area is 363 Å². The van der Waals surface area contributed by atoms with Crippen molar-refractivity contribution in [2.75, 3.05) is 0 Å². The fraction of sp³-hybridized carbons (Fsp3) is 0.194. The third-order valence-corrected chi connectivity index (χ3v) is 15.1. The molecule has 0 bridgehead atoms. The number of fused-ring (bicyclic) bond motifs is 12. The lowest BCUT2D eigenvalue weighted by Crippen LogP contribution is -2.19. The summed E-state index contributed by atoms with van der Waals surface area (Å²) in [5.74, 6) is 0. The van der Waals surface area contributed by atoms with Crippen LogP contribution in [0.25, 0.3) is 110 Å². The fourth-order valence-electron chi connectivity index (χ4n) is 12.1.